The van der Waals surface area contributed by atoms with Crippen molar-refractivity contribution in [2.45, 2.75) is 49.9 Å². The number of aliphatic carboxylic acids is 1. The Bertz CT molecular complexity index is 1540. The van der Waals surface area contributed by atoms with Gasteiger partial charge in [-0.25, -0.2) is 9.78 Å². The number of benzene rings is 2. The van der Waals surface area contributed by atoms with Gasteiger partial charge in [-0.3, -0.25) is 14.4 Å². The van der Waals surface area contributed by atoms with E-state index in [1.807, 2.05) is 60.9 Å². The molecule has 0 radical (unpaired) electrons. The van der Waals surface area contributed by atoms with Crippen LogP contribution in [-0.2, 0) is 38.4 Å². The van der Waals surface area contributed by atoms with Crippen LogP contribution in [-0.4, -0.2) is 79.9 Å². The summed E-state index contributed by atoms with van der Waals surface area (Å²) in [6, 6.07) is 12.4. The molecule has 44 heavy (non-hydrogen) atoms. The molecule has 2 aromatic carbocycles. The summed E-state index contributed by atoms with van der Waals surface area (Å²) in [7, 11) is 0. The molecule has 0 saturated heterocycles. The summed E-state index contributed by atoms with van der Waals surface area (Å²) in [5.41, 5.74) is 9.20. The third kappa shape index (κ3) is 8.94. The fraction of sp³-hybridized carbons (Fsp3) is 0.323. The molecular weight excluding hydrogens is 582 g/mol. The number of carboxylic acid groups (broad SMARTS) is 1. The van der Waals surface area contributed by atoms with Gasteiger partial charge in [0.15, 0.2) is 0 Å². The van der Waals surface area contributed by atoms with Crippen LogP contribution in [0.2, 0.25) is 0 Å². The molecule has 4 aromatic rings. The molecular formula is C31H37N7O5S. The highest BCUT2D eigenvalue weighted by molar-refractivity contribution is 7.98. The average Bonchev–Trinajstić information content (AvgIpc) is 3.69. The summed E-state index contributed by atoms with van der Waals surface area (Å²) < 4.78 is 0. The van der Waals surface area contributed by atoms with Gasteiger partial charge in [-0.05, 0) is 35.6 Å². The van der Waals surface area contributed by atoms with E-state index < -0.39 is 47.9 Å². The summed E-state index contributed by atoms with van der Waals surface area (Å²) in [4.78, 5) is 62.3. The van der Waals surface area contributed by atoms with E-state index in [4.69, 9.17) is 5.73 Å². The number of imidazole rings is 1. The summed E-state index contributed by atoms with van der Waals surface area (Å²) in [6.45, 7) is 0. The second-order valence-electron chi connectivity index (χ2n) is 10.4. The van der Waals surface area contributed by atoms with Gasteiger partial charge in [-0.15, -0.1) is 0 Å². The molecule has 2 heterocycles. The zero-order chi connectivity index (χ0) is 31.5. The smallest absolute Gasteiger partial charge is 0.326 e. The highest BCUT2D eigenvalue weighted by atomic mass is 32.2. The Kier molecular flexibility index (Phi) is 11.5. The van der Waals surface area contributed by atoms with E-state index in [2.05, 4.69) is 30.9 Å². The van der Waals surface area contributed by atoms with Crippen molar-refractivity contribution in [3.63, 3.8) is 0 Å². The van der Waals surface area contributed by atoms with E-state index in [-0.39, 0.29) is 25.7 Å². The first kappa shape index (κ1) is 32.3. The Hall–Kier alpha value is -4.62. The maximum Gasteiger partial charge on any atom is 0.326 e. The number of carbonyl (C=O) groups excluding carboxylic acids is 3. The highest BCUT2D eigenvalue weighted by Gasteiger charge is 2.31. The number of carboxylic acids is 1. The number of hydrogen-bond donors (Lipinski definition) is 7. The molecule has 12 nitrogen and oxygen atoms in total. The van der Waals surface area contributed by atoms with E-state index >= 15 is 0 Å². The quantitative estimate of drug-likeness (QED) is 0.0981. The van der Waals surface area contributed by atoms with Crippen molar-refractivity contribution >= 4 is 46.4 Å². The molecule has 0 saturated carbocycles. The SMILES string of the molecule is CSCCC(NC(=O)C(Cc1ccccc1)NC(=O)C(N)Cc1cnc[nH]1)C(=O)NC(Cc1c[nH]c2ccccc12)C(=O)O. The number of amides is 3. The molecule has 0 spiro atoms. The molecule has 13 heteroatoms. The minimum atomic E-state index is -1.23. The van der Waals surface area contributed by atoms with Crippen molar-refractivity contribution in [3.05, 3.63) is 90.1 Å². The summed E-state index contributed by atoms with van der Waals surface area (Å²) in [5.74, 6) is -2.41. The number of carbonyl (C=O) groups is 4. The van der Waals surface area contributed by atoms with Gasteiger partial charge in [-0.1, -0.05) is 48.5 Å². The molecule has 0 aliphatic rings. The van der Waals surface area contributed by atoms with Crippen LogP contribution in [0.3, 0.4) is 0 Å². The maximum atomic E-state index is 13.6. The van der Waals surface area contributed by atoms with Gasteiger partial charge in [0.1, 0.15) is 18.1 Å². The van der Waals surface area contributed by atoms with Crippen LogP contribution >= 0.6 is 11.8 Å². The molecule has 4 unspecified atom stereocenters. The number of aromatic amines is 2. The molecule has 2 aromatic heterocycles. The Morgan fingerprint density at radius 1 is 0.864 bits per heavy atom. The van der Waals surface area contributed by atoms with E-state index in [9.17, 15) is 24.3 Å². The third-order valence-corrected chi connectivity index (χ3v) is 7.85. The first-order chi connectivity index (χ1) is 21.2. The highest BCUT2D eigenvalue weighted by Crippen LogP contribution is 2.19. The van der Waals surface area contributed by atoms with Gasteiger partial charge in [0.05, 0.1) is 12.4 Å². The van der Waals surface area contributed by atoms with Gasteiger partial charge in [0.25, 0.3) is 0 Å². The largest absolute Gasteiger partial charge is 0.480 e. The number of fused-ring (bicyclic) bond motifs is 1. The Balaban J connectivity index is 1.48. The van der Waals surface area contributed by atoms with Crippen LogP contribution < -0.4 is 21.7 Å². The monoisotopic (exact) mass is 619 g/mol. The van der Waals surface area contributed by atoms with E-state index in [1.54, 1.807) is 12.4 Å². The average molecular weight is 620 g/mol. The number of rotatable bonds is 16. The number of nitrogens with zero attached hydrogens (tertiary/aromatic N) is 1. The van der Waals surface area contributed by atoms with Crippen LogP contribution in [0.1, 0.15) is 23.2 Å². The van der Waals surface area contributed by atoms with Crippen LogP contribution in [0.4, 0.5) is 0 Å². The van der Waals surface area contributed by atoms with Crippen molar-refractivity contribution in [1.82, 2.24) is 30.9 Å². The number of nitrogens with two attached hydrogens (primary N) is 1. The lowest BCUT2D eigenvalue weighted by atomic mass is 10.0. The molecule has 4 rings (SSSR count). The van der Waals surface area contributed by atoms with Crippen LogP contribution in [0.25, 0.3) is 10.9 Å². The first-order valence-corrected chi connectivity index (χ1v) is 15.6. The number of thioether (sulfide) groups is 1. The number of hydrogen-bond acceptors (Lipinski definition) is 7. The fourth-order valence-corrected chi connectivity index (χ4v) is 5.30. The topological polar surface area (TPSA) is 195 Å². The minimum absolute atomic E-state index is 0.0508. The predicted molar refractivity (Wildman–Crippen MR) is 169 cm³/mol. The third-order valence-electron chi connectivity index (χ3n) is 7.20. The van der Waals surface area contributed by atoms with Crippen LogP contribution in [0, 0.1) is 0 Å². The second-order valence-corrected chi connectivity index (χ2v) is 11.4. The van der Waals surface area contributed by atoms with E-state index in [0.29, 0.717) is 11.4 Å². The summed E-state index contributed by atoms with van der Waals surface area (Å²) >= 11 is 1.49. The van der Waals surface area contributed by atoms with E-state index in [0.717, 1.165) is 22.0 Å². The van der Waals surface area contributed by atoms with Crippen molar-refractivity contribution in [3.8, 4) is 0 Å². The molecule has 3 amide bonds. The van der Waals surface area contributed by atoms with Gasteiger partial charge >= 0.3 is 5.97 Å². The molecule has 8 N–H and O–H groups in total. The lowest BCUT2D eigenvalue weighted by Gasteiger charge is -2.25. The summed E-state index contributed by atoms with van der Waals surface area (Å²) in [6.07, 6.45) is 7.31. The van der Waals surface area contributed by atoms with E-state index in [1.165, 1.54) is 18.1 Å². The van der Waals surface area contributed by atoms with Crippen LogP contribution in [0.15, 0.2) is 73.3 Å². The Morgan fingerprint density at radius 2 is 1.55 bits per heavy atom. The van der Waals surface area contributed by atoms with Crippen LogP contribution in [0.5, 0.6) is 0 Å². The normalized spacial score (nSPS) is 13.9. The molecule has 4 atom stereocenters. The molecule has 0 fully saturated rings. The standard InChI is InChI=1S/C31H37N7O5S/c1-44-12-11-25(29(40)38-27(31(42)43)14-20-16-34-24-10-6-5-9-22(20)24)36-30(41)26(13-19-7-3-2-4-8-19)37-28(39)23(32)15-21-17-33-18-35-21/h2-10,16-18,23,25-27,34H,11-15,32H2,1H3,(H,33,35)(H,36,41)(H,37,39)(H,38,40)(H,42,43). The van der Waals surface area contributed by atoms with Crippen molar-refractivity contribution in [1.29, 1.82) is 0 Å². The zero-order valence-electron chi connectivity index (χ0n) is 24.3. The van der Waals surface area contributed by atoms with Gasteiger partial charge in [0.2, 0.25) is 17.7 Å². The molecule has 0 bridgehead atoms. The predicted octanol–water partition coefficient (Wildman–Crippen LogP) is 1.54. The van der Waals surface area contributed by atoms with Gasteiger partial charge in [0, 0.05) is 48.3 Å². The Morgan fingerprint density at radius 3 is 2.25 bits per heavy atom. The maximum absolute atomic E-state index is 13.6. The second kappa shape index (κ2) is 15.7. The zero-order valence-corrected chi connectivity index (χ0v) is 25.1. The minimum Gasteiger partial charge on any atom is -0.480 e. The van der Waals surface area contributed by atoms with Gasteiger partial charge < -0.3 is 36.8 Å². The van der Waals surface area contributed by atoms with Crippen molar-refractivity contribution in [2.75, 3.05) is 12.0 Å². The molecule has 232 valence electrons. The Labute approximate surface area is 259 Å². The number of para-hydroxylation sites is 1. The van der Waals surface area contributed by atoms with Gasteiger partial charge in [-0.2, -0.15) is 11.8 Å². The summed E-state index contributed by atoms with van der Waals surface area (Å²) in [5, 5.41) is 18.9. The number of aromatic nitrogens is 3. The number of nitrogens with one attached hydrogen (secondary N) is 5. The van der Waals surface area contributed by atoms with Crippen molar-refractivity contribution < 1.29 is 24.3 Å². The molecule has 0 aliphatic heterocycles. The first-order valence-electron chi connectivity index (χ1n) is 14.2. The van der Waals surface area contributed by atoms with Crippen molar-refractivity contribution in [2.24, 2.45) is 5.73 Å². The lowest BCUT2D eigenvalue weighted by molar-refractivity contribution is -0.142. The number of H-pyrrole nitrogens is 2. The fourth-order valence-electron chi connectivity index (χ4n) is 4.83. The lowest BCUT2D eigenvalue weighted by Crippen LogP contribution is -2.58. The molecule has 0 aliphatic carbocycles.